The molecule has 0 radical (unpaired) electrons. The number of carbonyl (C=O) groups excluding carboxylic acids is 2. The number of benzene rings is 2. The zero-order chi connectivity index (χ0) is 27.2. The summed E-state index contributed by atoms with van der Waals surface area (Å²) in [4.78, 5) is 31.3. The molecule has 4 rings (SSSR count). The third-order valence-electron chi connectivity index (χ3n) is 5.92. The number of nitrogens with zero attached hydrogens (tertiary/aromatic N) is 2. The molecule has 1 aromatic heterocycles. The van der Waals surface area contributed by atoms with Gasteiger partial charge in [-0.15, -0.1) is 0 Å². The molecule has 2 aromatic carbocycles. The minimum Gasteiger partial charge on any atom is -0.493 e. The number of thioether (sulfide) groups is 1. The highest BCUT2D eigenvalue weighted by atomic mass is 79.9. The van der Waals surface area contributed by atoms with Crippen molar-refractivity contribution in [1.29, 1.82) is 0 Å². The molecule has 1 aliphatic heterocycles. The Labute approximate surface area is 235 Å². The number of halogens is 1. The lowest BCUT2D eigenvalue weighted by Crippen LogP contribution is -2.32. The fourth-order valence-corrected chi connectivity index (χ4v) is 5.37. The fourth-order valence-electron chi connectivity index (χ4n) is 3.93. The van der Waals surface area contributed by atoms with Crippen molar-refractivity contribution in [3.8, 4) is 17.2 Å². The van der Waals surface area contributed by atoms with Gasteiger partial charge in [0.2, 0.25) is 0 Å². The zero-order valence-corrected chi connectivity index (χ0v) is 24.1. The van der Waals surface area contributed by atoms with Crippen molar-refractivity contribution >= 4 is 44.9 Å². The SMILES string of the molecule is COc1cc(/C=C2\SC(=O)N(CCOc3cc(C)ccc3C(C)C)C2=O)cc(Br)c1OCc1ccncc1. The summed E-state index contributed by atoms with van der Waals surface area (Å²) in [7, 11) is 1.55. The van der Waals surface area contributed by atoms with E-state index in [2.05, 4.69) is 46.9 Å². The smallest absolute Gasteiger partial charge is 0.293 e. The largest absolute Gasteiger partial charge is 0.493 e. The van der Waals surface area contributed by atoms with E-state index in [4.69, 9.17) is 14.2 Å². The van der Waals surface area contributed by atoms with Gasteiger partial charge in [-0.25, -0.2) is 0 Å². The van der Waals surface area contributed by atoms with Crippen LogP contribution in [-0.4, -0.2) is 41.3 Å². The molecule has 0 bridgehead atoms. The van der Waals surface area contributed by atoms with Gasteiger partial charge >= 0.3 is 0 Å². The molecular weight excluding hydrogens is 568 g/mol. The summed E-state index contributed by atoms with van der Waals surface area (Å²) in [6.07, 6.45) is 5.10. The highest BCUT2D eigenvalue weighted by molar-refractivity contribution is 9.10. The Morgan fingerprint density at radius 1 is 1.05 bits per heavy atom. The van der Waals surface area contributed by atoms with Crippen LogP contribution in [0.15, 0.2) is 64.2 Å². The molecule has 0 spiro atoms. The van der Waals surface area contributed by atoms with Crippen LogP contribution in [-0.2, 0) is 11.4 Å². The van der Waals surface area contributed by atoms with Crippen LogP contribution in [0.25, 0.3) is 6.08 Å². The molecule has 7 nitrogen and oxygen atoms in total. The topological polar surface area (TPSA) is 78.0 Å². The Morgan fingerprint density at radius 2 is 1.82 bits per heavy atom. The third-order valence-corrected chi connectivity index (χ3v) is 7.42. The minimum atomic E-state index is -0.343. The number of pyridine rings is 1. The first-order valence-electron chi connectivity index (χ1n) is 12.1. The average molecular weight is 598 g/mol. The Hall–Kier alpha value is -3.30. The predicted molar refractivity (Wildman–Crippen MR) is 153 cm³/mol. The van der Waals surface area contributed by atoms with Gasteiger partial charge in [0.1, 0.15) is 19.0 Å². The van der Waals surface area contributed by atoms with Gasteiger partial charge in [0.05, 0.1) is 23.0 Å². The second-order valence-corrected chi connectivity index (χ2v) is 10.9. The second-order valence-electron chi connectivity index (χ2n) is 9.06. The van der Waals surface area contributed by atoms with Gasteiger partial charge in [0.25, 0.3) is 11.1 Å². The van der Waals surface area contributed by atoms with E-state index in [1.807, 2.05) is 31.2 Å². The quantitative estimate of drug-likeness (QED) is 0.234. The summed E-state index contributed by atoms with van der Waals surface area (Å²) < 4.78 is 18.2. The van der Waals surface area contributed by atoms with Crippen molar-refractivity contribution in [2.24, 2.45) is 0 Å². The molecule has 0 atom stereocenters. The van der Waals surface area contributed by atoms with Gasteiger partial charge in [-0.3, -0.25) is 19.5 Å². The second kappa shape index (κ2) is 12.5. The van der Waals surface area contributed by atoms with E-state index in [0.29, 0.717) is 39.0 Å². The number of carbonyl (C=O) groups is 2. The van der Waals surface area contributed by atoms with Crippen molar-refractivity contribution in [2.45, 2.75) is 33.3 Å². The van der Waals surface area contributed by atoms with Crippen LogP contribution in [0.4, 0.5) is 4.79 Å². The molecule has 0 N–H and O–H groups in total. The fraction of sp³-hybridized carbons (Fsp3) is 0.276. The van der Waals surface area contributed by atoms with Gasteiger partial charge in [-0.05, 0) is 99.2 Å². The standard InChI is InChI=1S/C29H29BrN2O5S/c1-18(2)22-6-5-19(3)13-24(22)36-12-11-32-28(33)26(38-29(32)34)16-21-14-23(30)27(25(15-21)35-4)37-17-20-7-9-31-10-8-20/h5-10,13-16,18H,11-12,17H2,1-4H3/b26-16-. The van der Waals surface area contributed by atoms with Crippen molar-refractivity contribution < 1.29 is 23.8 Å². The Bertz CT molecular complexity index is 1360. The molecule has 198 valence electrons. The number of imide groups is 1. The molecular formula is C29H29BrN2O5S. The molecule has 38 heavy (non-hydrogen) atoms. The van der Waals surface area contributed by atoms with E-state index >= 15 is 0 Å². The number of ether oxygens (including phenoxy) is 3. The van der Waals surface area contributed by atoms with E-state index < -0.39 is 0 Å². The van der Waals surface area contributed by atoms with Crippen LogP contribution in [0.5, 0.6) is 17.2 Å². The highest BCUT2D eigenvalue weighted by Gasteiger charge is 2.35. The van der Waals surface area contributed by atoms with E-state index in [1.54, 1.807) is 31.6 Å². The molecule has 0 unspecified atom stereocenters. The first kappa shape index (κ1) is 27.7. The summed E-state index contributed by atoms with van der Waals surface area (Å²) in [5.41, 5.74) is 3.86. The Balaban J connectivity index is 1.44. The molecule has 0 aliphatic carbocycles. The molecule has 2 heterocycles. The number of rotatable bonds is 10. The highest BCUT2D eigenvalue weighted by Crippen LogP contribution is 2.39. The number of hydrogen-bond acceptors (Lipinski definition) is 7. The van der Waals surface area contributed by atoms with Crippen molar-refractivity contribution in [3.05, 3.63) is 86.5 Å². The summed E-state index contributed by atoms with van der Waals surface area (Å²) in [5.74, 6) is 1.79. The van der Waals surface area contributed by atoms with Gasteiger partial charge in [0, 0.05) is 12.4 Å². The Morgan fingerprint density at radius 3 is 2.53 bits per heavy atom. The predicted octanol–water partition coefficient (Wildman–Crippen LogP) is 6.98. The molecule has 1 aliphatic rings. The van der Waals surface area contributed by atoms with Crippen molar-refractivity contribution in [3.63, 3.8) is 0 Å². The molecule has 3 aromatic rings. The normalized spacial score (nSPS) is 14.5. The number of aromatic nitrogens is 1. The lowest BCUT2D eigenvalue weighted by molar-refractivity contribution is -0.123. The van der Waals surface area contributed by atoms with Crippen LogP contribution in [0.2, 0.25) is 0 Å². The summed E-state index contributed by atoms with van der Waals surface area (Å²) in [6.45, 7) is 6.95. The number of methoxy groups -OCH3 is 1. The van der Waals surface area contributed by atoms with Gasteiger partial charge in [-0.2, -0.15) is 0 Å². The summed E-state index contributed by atoms with van der Waals surface area (Å²) in [5, 5.41) is -0.318. The van der Waals surface area contributed by atoms with E-state index in [9.17, 15) is 9.59 Å². The monoisotopic (exact) mass is 596 g/mol. The number of amides is 2. The number of hydrogen-bond donors (Lipinski definition) is 0. The van der Waals surface area contributed by atoms with Crippen molar-refractivity contribution in [2.75, 3.05) is 20.3 Å². The first-order chi connectivity index (χ1) is 18.3. The molecule has 1 fully saturated rings. The maximum absolute atomic E-state index is 13.0. The number of aryl methyl sites for hydroxylation is 1. The van der Waals surface area contributed by atoms with E-state index in [1.165, 1.54) is 4.90 Å². The lowest BCUT2D eigenvalue weighted by Gasteiger charge is -2.17. The Kier molecular flexibility index (Phi) is 9.12. The molecule has 1 saturated heterocycles. The minimum absolute atomic E-state index is 0.169. The van der Waals surface area contributed by atoms with Crippen LogP contribution in [0, 0.1) is 6.92 Å². The molecule has 2 amide bonds. The third kappa shape index (κ3) is 6.57. The maximum atomic E-state index is 13.0. The van der Waals surface area contributed by atoms with Gasteiger partial charge < -0.3 is 14.2 Å². The molecule has 9 heteroatoms. The first-order valence-corrected chi connectivity index (χ1v) is 13.8. The van der Waals surface area contributed by atoms with Crippen molar-refractivity contribution in [1.82, 2.24) is 9.88 Å². The summed E-state index contributed by atoms with van der Waals surface area (Å²) >= 11 is 4.46. The summed E-state index contributed by atoms with van der Waals surface area (Å²) in [6, 6.07) is 13.4. The van der Waals surface area contributed by atoms with Gasteiger partial charge in [0.15, 0.2) is 11.5 Å². The van der Waals surface area contributed by atoms with Crippen LogP contribution >= 0.6 is 27.7 Å². The van der Waals surface area contributed by atoms with Crippen LogP contribution in [0.3, 0.4) is 0 Å². The van der Waals surface area contributed by atoms with E-state index in [0.717, 1.165) is 34.2 Å². The van der Waals surface area contributed by atoms with Crippen LogP contribution in [0.1, 0.15) is 42.0 Å². The average Bonchev–Trinajstić information content (AvgIpc) is 3.15. The van der Waals surface area contributed by atoms with Crippen LogP contribution < -0.4 is 14.2 Å². The van der Waals surface area contributed by atoms with E-state index in [-0.39, 0.29) is 24.3 Å². The lowest BCUT2D eigenvalue weighted by atomic mass is 10.0. The maximum Gasteiger partial charge on any atom is 0.293 e. The molecule has 0 saturated carbocycles. The zero-order valence-electron chi connectivity index (χ0n) is 21.7. The van der Waals surface area contributed by atoms with Gasteiger partial charge in [-0.1, -0.05) is 26.0 Å².